The molecular weight excluding hydrogens is 2030 g/mol. The zero-order valence-corrected chi connectivity index (χ0v) is 110. The van der Waals surface area contributed by atoms with E-state index < -0.39 is 43.6 Å². The summed E-state index contributed by atoms with van der Waals surface area (Å²) in [7, 11) is -4.73. The summed E-state index contributed by atoms with van der Waals surface area (Å²) in [6.45, 7) is 66.4. The molecule has 0 aliphatic carbocycles. The summed E-state index contributed by atoms with van der Waals surface area (Å²) in [6.07, 6.45) is 112. The Labute approximate surface area is 966 Å². The van der Waals surface area contributed by atoms with Crippen molar-refractivity contribution in [1.82, 2.24) is 0 Å². The van der Waals surface area contributed by atoms with Crippen LogP contribution in [0.2, 0.25) is 0 Å². The van der Waals surface area contributed by atoms with Gasteiger partial charge in [0.15, 0.2) is 0 Å². The van der Waals surface area contributed by atoms with Gasteiger partial charge in [0.2, 0.25) is 0 Å². The van der Waals surface area contributed by atoms with E-state index in [1.807, 2.05) is 36.5 Å². The van der Waals surface area contributed by atoms with Gasteiger partial charge < -0.3 is 74.4 Å². The highest BCUT2D eigenvalue weighted by atomic mass is 35.5. The van der Waals surface area contributed by atoms with Crippen molar-refractivity contribution in [3.63, 3.8) is 0 Å². The highest BCUT2D eigenvalue weighted by Crippen LogP contribution is 2.65. The van der Waals surface area contributed by atoms with E-state index in [4.69, 9.17) is 0 Å². The molecule has 0 fully saturated rings. The van der Waals surface area contributed by atoms with Crippen molar-refractivity contribution >= 4 is 80.0 Å². The minimum absolute atomic E-state index is 0. The number of hydrogen-bond acceptors (Lipinski definition) is 0. The molecule has 0 saturated carbocycles. The lowest BCUT2D eigenvalue weighted by atomic mass is 10.0. The molecule has 0 atom stereocenters. The topological polar surface area (TPSA) is 0 Å². The zero-order chi connectivity index (χ0) is 105. The van der Waals surface area contributed by atoms with Crippen LogP contribution in [0.25, 0.3) is 36.5 Å². The van der Waals surface area contributed by atoms with Gasteiger partial charge in [0, 0.05) is 83.6 Å². The van der Waals surface area contributed by atoms with Crippen LogP contribution in [0, 0.1) is 0 Å². The summed E-state index contributed by atoms with van der Waals surface area (Å²) in [5.41, 5.74) is 16.5. The Morgan fingerprint density at radius 1 is 0.149 bits per heavy atom. The number of benzene rings is 6. The minimum atomic E-state index is -0.856. The van der Waals surface area contributed by atoms with E-state index in [1.54, 1.807) is 5.56 Å². The molecule has 0 nitrogen and oxygen atoms in total. The van der Waals surface area contributed by atoms with Gasteiger partial charge in [-0.05, 0) is 178 Å². The molecule has 0 radical (unpaired) electrons. The molecule has 148 heavy (non-hydrogen) atoms. The van der Waals surface area contributed by atoms with Gasteiger partial charge in [-0.2, -0.15) is 0 Å². The van der Waals surface area contributed by atoms with Crippen molar-refractivity contribution in [2.75, 3.05) is 114 Å². The van der Waals surface area contributed by atoms with Gasteiger partial charge in [-0.1, -0.05) is 527 Å². The van der Waals surface area contributed by atoms with Gasteiger partial charge in [-0.3, -0.25) is 0 Å². The minimum Gasteiger partial charge on any atom is -1.00 e. The molecule has 0 aliphatic rings. The average molecular weight is 2270 g/mol. The van der Waals surface area contributed by atoms with Crippen LogP contribution in [0.4, 0.5) is 0 Å². The molecule has 0 amide bonds. The molecule has 12 heteroatoms. The largest absolute Gasteiger partial charge is 1.00 e. The van der Waals surface area contributed by atoms with Crippen LogP contribution in [-0.2, 0) is 37.0 Å². The quantitative estimate of drug-likeness (QED) is 0.0264. The fraction of sp³-hybridized carbons (Fsp3) is 0.647. The maximum absolute atomic E-state index is 3.89. The average Bonchev–Trinajstić information content (AvgIpc) is 0.839. The fourth-order valence-corrected chi connectivity index (χ4v) is 39.3. The maximum Gasteiger partial charge on any atom is 0.0842 e. The third-order valence-corrected chi connectivity index (χ3v) is 53.9. The first-order valence-electron chi connectivity index (χ1n) is 60.1. The predicted octanol–water partition coefficient (Wildman–Crippen LogP) is 29.4. The van der Waals surface area contributed by atoms with Gasteiger partial charge in [0.05, 0.1) is 111 Å². The van der Waals surface area contributed by atoms with Crippen LogP contribution < -0.4 is 74.4 Å². The number of hydrogen-bond donors (Lipinski definition) is 0. The lowest BCUT2D eigenvalue weighted by molar-refractivity contribution is -0.00100. The summed E-state index contributed by atoms with van der Waals surface area (Å²) >= 11 is 0. The molecule has 852 valence electrons. The second-order valence-electron chi connectivity index (χ2n) is 45.0. The third-order valence-electron chi connectivity index (χ3n) is 30.8. The van der Waals surface area contributed by atoms with E-state index in [1.165, 1.54) is 506 Å². The van der Waals surface area contributed by atoms with Gasteiger partial charge in [0.1, 0.15) is 0 Å². The number of halogens is 6. The SMILES string of the molecule is C=Cc1ccc(C[P+](C)(C)CCCCCCCCCC)cc1.C=Cc1ccc(C[P+](C)(C)CCCCCCCCCCCCCC)cc1.C=Cc1ccc(C[P+](C)(C)CCCCCCCCCCCCCCCCCC)cc1.C=Cc1ccc(C[P+](CC)(CC)CC)cc1.C=Cc1ccc(C[P+](CC)(CC)CCCCCCCC)cc1.C=Cc1ccc(C[P+](CCCC)(CCCC)CCCCCCCC)cc1.[Cl-].[Cl-].[Cl-].[Cl-].[Cl-].[Cl-]. The number of rotatable bonds is 82. The molecule has 0 bridgehead atoms. The van der Waals surface area contributed by atoms with E-state index >= 15 is 0 Å². The van der Waals surface area contributed by atoms with Crippen molar-refractivity contribution in [1.29, 1.82) is 0 Å². The van der Waals surface area contributed by atoms with Crippen LogP contribution in [-0.4, -0.2) is 114 Å². The first kappa shape index (κ1) is 157. The summed E-state index contributed by atoms with van der Waals surface area (Å²) in [5.74, 6) is 0. The van der Waals surface area contributed by atoms with Gasteiger partial charge in [0.25, 0.3) is 0 Å². The summed E-state index contributed by atoms with van der Waals surface area (Å²) in [4.78, 5) is 0. The maximum atomic E-state index is 3.89. The molecule has 0 heterocycles. The lowest BCUT2D eigenvalue weighted by Crippen LogP contribution is -3.00. The Bertz CT molecular complexity index is 3890. The Hall–Kier alpha value is -1.92. The van der Waals surface area contributed by atoms with Crippen LogP contribution in [0.3, 0.4) is 0 Å². The summed E-state index contributed by atoms with van der Waals surface area (Å²) in [6, 6.07) is 54.1. The molecule has 0 saturated heterocycles. The van der Waals surface area contributed by atoms with Crippen LogP contribution in [0.15, 0.2) is 185 Å². The Morgan fingerprint density at radius 2 is 0.277 bits per heavy atom. The van der Waals surface area contributed by atoms with E-state index in [9.17, 15) is 0 Å². The number of unbranched alkanes of at least 4 members (excludes halogenated alkanes) is 45. The smallest absolute Gasteiger partial charge is 0.0842 e. The van der Waals surface area contributed by atoms with E-state index in [2.05, 4.69) is 308 Å². The van der Waals surface area contributed by atoms with Crippen LogP contribution >= 0.6 is 43.6 Å². The molecule has 0 spiro atoms. The second kappa shape index (κ2) is 104. The Balaban J connectivity index is -0.000000409. The van der Waals surface area contributed by atoms with E-state index in [0.717, 1.165) is 0 Å². The standard InChI is InChI=1S/C29H52P.2C25H44P.2C21H36P.C15H24P.6ClH/c1-5-7-8-9-10-11-12-13-14-15-16-17-18-19-20-21-26-30(3,4)27-29-24-22-28(6-2)23-25-29;1-5-7-8-9-10-11-12-13-14-15-16-17-22-26(3,4)23-25-20-18-24(6-2)19-21-25;1-5-9-12-13-14-15-22-26(20-10-6-2,21-11-7-3)23-25-18-16-24(8-4)17-19-25;1-5-7-8-9-10-11-12-13-18-22(3,4)19-21-16-14-20(6-2)15-17-21;1-5-9-10-11-12-13-18-22(7-3,8-4)19-21-16-14-20(6-2)15-17-21;1-5-14-9-11-15(12-10-14)13-16(6-2,7-3)8-4;;;;;;/h6,22-25H,2,5,7-21,26-27H2,1,3-4H3;6,18-21H,2,5,7-17,22-23H2,1,3-4H3;8,16-19H,4-7,9-15,20-23H2,1-3H3;2*6,14-17H,2,5,7-13,18-19H2,1,3-4H3;5,9-12H,1,6-8,13H2,2-4H3;6*1H/q6*+1;;;;;;/p-6. The second-order valence-corrected chi connectivity index (χ2v) is 72.9. The van der Waals surface area contributed by atoms with Crippen molar-refractivity contribution in [3.05, 3.63) is 252 Å². The zero-order valence-electron chi connectivity index (χ0n) is 100. The monoisotopic (exact) mass is 2270 g/mol. The first-order valence-corrected chi connectivity index (χ1v) is 76.8. The van der Waals surface area contributed by atoms with Crippen molar-refractivity contribution in [3.8, 4) is 0 Å². The van der Waals surface area contributed by atoms with Crippen molar-refractivity contribution in [2.24, 2.45) is 0 Å². The molecule has 6 aromatic carbocycles. The lowest BCUT2D eigenvalue weighted by Gasteiger charge is -2.28. The molecular formula is C136H236Cl6P6. The highest BCUT2D eigenvalue weighted by Gasteiger charge is 2.37. The molecule has 6 aromatic rings. The van der Waals surface area contributed by atoms with Gasteiger partial charge in [-0.25, -0.2) is 0 Å². The van der Waals surface area contributed by atoms with Crippen LogP contribution in [0.1, 0.15) is 484 Å². The molecule has 0 aromatic heterocycles. The summed E-state index contributed by atoms with van der Waals surface area (Å²) < 4.78 is 0. The van der Waals surface area contributed by atoms with Crippen molar-refractivity contribution in [2.45, 2.75) is 454 Å². The predicted molar refractivity (Wildman–Crippen MR) is 685 cm³/mol. The Kier molecular flexibility index (Phi) is 110. The highest BCUT2D eigenvalue weighted by molar-refractivity contribution is 7.76. The molecule has 0 N–H and O–H groups in total. The van der Waals surface area contributed by atoms with Gasteiger partial charge >= 0.3 is 0 Å². The third kappa shape index (κ3) is 83.4. The molecule has 0 aliphatic heterocycles. The van der Waals surface area contributed by atoms with E-state index in [-0.39, 0.29) is 74.4 Å². The first-order chi connectivity index (χ1) is 68.8. The summed E-state index contributed by atoms with van der Waals surface area (Å²) in [5, 5.41) is 0. The van der Waals surface area contributed by atoms with Crippen LogP contribution in [0.5, 0.6) is 0 Å². The fourth-order valence-electron chi connectivity index (χ4n) is 20.4. The van der Waals surface area contributed by atoms with Gasteiger partial charge in [-0.15, -0.1) is 0 Å². The van der Waals surface area contributed by atoms with E-state index in [0.29, 0.717) is 0 Å². The molecule has 0 unspecified atom stereocenters. The normalized spacial score (nSPS) is 11.1. The Morgan fingerprint density at radius 3 is 0.439 bits per heavy atom. The molecule has 6 rings (SSSR count). The van der Waals surface area contributed by atoms with Crippen molar-refractivity contribution < 1.29 is 74.4 Å².